The van der Waals surface area contributed by atoms with E-state index in [0.29, 0.717) is 36.6 Å². The van der Waals surface area contributed by atoms with E-state index in [1.54, 1.807) is 0 Å². The molecular weight excluding hydrogens is 319 g/mol. The van der Waals surface area contributed by atoms with E-state index in [9.17, 15) is 18.0 Å². The van der Waals surface area contributed by atoms with E-state index in [-0.39, 0.29) is 11.8 Å². The van der Waals surface area contributed by atoms with Crippen LogP contribution in [0.1, 0.15) is 27.6 Å². The molecule has 2 aromatic rings. The molecule has 1 aliphatic rings. The highest BCUT2D eigenvalue weighted by Gasteiger charge is 2.35. The van der Waals surface area contributed by atoms with Crippen molar-refractivity contribution in [1.29, 1.82) is 0 Å². The number of nitrogens with zero attached hydrogens (tertiary/aromatic N) is 4. The number of fused-ring (bicyclic) bond motifs is 1. The molecule has 0 unspecified atom stereocenters. The maximum absolute atomic E-state index is 12.6. The summed E-state index contributed by atoms with van der Waals surface area (Å²) in [6.07, 6.45) is -0.845. The minimum absolute atomic E-state index is 0.0765. The Labute approximate surface area is 127 Å². The first-order valence-electron chi connectivity index (χ1n) is 6.62. The number of hydrogen-bond donors (Lipinski definition) is 1. The Hall–Kier alpha value is -1.97. The quantitative estimate of drug-likeness (QED) is 0.930. The lowest BCUT2D eigenvalue weighted by Crippen LogP contribution is -2.33. The van der Waals surface area contributed by atoms with Gasteiger partial charge in [-0.1, -0.05) is 4.49 Å². The van der Waals surface area contributed by atoms with Crippen LogP contribution in [0.3, 0.4) is 0 Å². The molecule has 22 heavy (non-hydrogen) atoms. The average Bonchev–Trinajstić information content (AvgIpc) is 3.12. The molecule has 0 saturated heterocycles. The highest BCUT2D eigenvalue weighted by Crippen LogP contribution is 2.30. The number of rotatable bonds is 3. The summed E-state index contributed by atoms with van der Waals surface area (Å²) in [5.74, 6) is 0.261. The third kappa shape index (κ3) is 3.11. The number of aromatic nitrogens is 4. The van der Waals surface area contributed by atoms with Gasteiger partial charge < -0.3 is 9.88 Å². The highest BCUT2D eigenvalue weighted by molar-refractivity contribution is 7.07. The normalized spacial score (nSPS) is 18.0. The molecule has 0 radical (unpaired) electrons. The van der Waals surface area contributed by atoms with Crippen LogP contribution in [0.15, 0.2) is 12.4 Å². The standard InChI is InChI=1S/C12H12F3N5OS/c13-12(14,15)9-6-20-5-7(1-2-10(20)18-9)3-16-11(21)8-4-17-19-22-8/h4,6-7H,1-3,5H2,(H,16,21)/t7-/m0/s1. The maximum atomic E-state index is 12.6. The number of alkyl halides is 3. The molecule has 0 fully saturated rings. The van der Waals surface area contributed by atoms with Crippen LogP contribution in [0.4, 0.5) is 13.2 Å². The van der Waals surface area contributed by atoms with Gasteiger partial charge in [-0.3, -0.25) is 4.79 Å². The van der Waals surface area contributed by atoms with Crippen molar-refractivity contribution in [2.45, 2.75) is 25.6 Å². The van der Waals surface area contributed by atoms with Crippen LogP contribution in [0.25, 0.3) is 0 Å². The summed E-state index contributed by atoms with van der Waals surface area (Å²) >= 11 is 0.999. The molecule has 0 spiro atoms. The van der Waals surface area contributed by atoms with Crippen molar-refractivity contribution in [2.24, 2.45) is 5.92 Å². The van der Waals surface area contributed by atoms with Gasteiger partial charge in [0.05, 0.1) is 6.20 Å². The zero-order valence-corrected chi connectivity index (χ0v) is 12.1. The number of carbonyl (C=O) groups excluding carboxylic acids is 1. The molecule has 0 saturated carbocycles. The molecule has 10 heteroatoms. The minimum Gasteiger partial charge on any atom is -0.351 e. The molecule has 1 aliphatic heterocycles. The van der Waals surface area contributed by atoms with Gasteiger partial charge in [0.1, 0.15) is 10.7 Å². The summed E-state index contributed by atoms with van der Waals surface area (Å²) in [6, 6.07) is 0. The number of amides is 1. The largest absolute Gasteiger partial charge is 0.434 e. The molecule has 2 aromatic heterocycles. The first-order chi connectivity index (χ1) is 10.4. The number of hydrogen-bond acceptors (Lipinski definition) is 5. The van der Waals surface area contributed by atoms with Gasteiger partial charge in [-0.05, 0) is 23.9 Å². The molecule has 0 aromatic carbocycles. The Kier molecular flexibility index (Phi) is 3.85. The van der Waals surface area contributed by atoms with E-state index in [0.717, 1.165) is 17.7 Å². The summed E-state index contributed by atoms with van der Waals surface area (Å²) in [7, 11) is 0. The maximum Gasteiger partial charge on any atom is 0.434 e. The van der Waals surface area contributed by atoms with E-state index in [1.165, 1.54) is 10.8 Å². The van der Waals surface area contributed by atoms with Gasteiger partial charge in [0.15, 0.2) is 5.69 Å². The van der Waals surface area contributed by atoms with E-state index in [2.05, 4.69) is 19.9 Å². The highest BCUT2D eigenvalue weighted by atomic mass is 32.1. The van der Waals surface area contributed by atoms with Gasteiger partial charge in [-0.25, -0.2) is 4.98 Å². The Morgan fingerprint density at radius 1 is 1.50 bits per heavy atom. The second-order valence-electron chi connectivity index (χ2n) is 5.09. The summed E-state index contributed by atoms with van der Waals surface area (Å²) in [6.45, 7) is 0.815. The lowest BCUT2D eigenvalue weighted by Gasteiger charge is -2.23. The van der Waals surface area contributed by atoms with Crippen molar-refractivity contribution < 1.29 is 18.0 Å². The van der Waals surface area contributed by atoms with Gasteiger partial charge in [0.2, 0.25) is 0 Å². The molecule has 3 rings (SSSR count). The Bertz CT molecular complexity index is 667. The van der Waals surface area contributed by atoms with Gasteiger partial charge in [0.25, 0.3) is 5.91 Å². The molecule has 6 nitrogen and oxygen atoms in total. The third-order valence-electron chi connectivity index (χ3n) is 3.52. The molecular formula is C12H12F3N5OS. The predicted molar refractivity (Wildman–Crippen MR) is 71.3 cm³/mol. The summed E-state index contributed by atoms with van der Waals surface area (Å²) in [5.41, 5.74) is -0.858. The minimum atomic E-state index is -4.42. The fourth-order valence-electron chi connectivity index (χ4n) is 2.41. The van der Waals surface area contributed by atoms with E-state index < -0.39 is 11.9 Å². The van der Waals surface area contributed by atoms with Crippen LogP contribution in [0.5, 0.6) is 0 Å². The van der Waals surface area contributed by atoms with Crippen LogP contribution >= 0.6 is 11.5 Å². The van der Waals surface area contributed by atoms with Crippen LogP contribution in [0, 0.1) is 5.92 Å². The Morgan fingerprint density at radius 3 is 3.00 bits per heavy atom. The third-order valence-corrected chi connectivity index (χ3v) is 4.18. The number of halogens is 3. The van der Waals surface area contributed by atoms with Gasteiger partial charge >= 0.3 is 6.18 Å². The van der Waals surface area contributed by atoms with Gasteiger partial charge in [0, 0.05) is 25.7 Å². The first-order valence-corrected chi connectivity index (χ1v) is 7.39. The summed E-state index contributed by atoms with van der Waals surface area (Å²) in [5, 5.41) is 6.34. The molecule has 3 heterocycles. The zero-order chi connectivity index (χ0) is 15.7. The average molecular weight is 331 g/mol. The SMILES string of the molecule is O=C(NC[C@@H]1CCc2nc(C(F)(F)F)cn2C1)c1cnns1. The van der Waals surface area contributed by atoms with Crippen molar-refractivity contribution in [2.75, 3.05) is 6.54 Å². The number of imidazole rings is 1. The first kappa shape index (κ1) is 14.9. The monoisotopic (exact) mass is 331 g/mol. The van der Waals surface area contributed by atoms with Crippen molar-refractivity contribution in [3.05, 3.63) is 28.8 Å². The zero-order valence-electron chi connectivity index (χ0n) is 11.3. The van der Waals surface area contributed by atoms with E-state index in [4.69, 9.17) is 0 Å². The van der Waals surface area contributed by atoms with Crippen molar-refractivity contribution >= 4 is 17.4 Å². The van der Waals surface area contributed by atoms with Crippen LogP contribution in [-0.2, 0) is 19.1 Å². The second-order valence-corrected chi connectivity index (χ2v) is 5.87. The molecule has 1 N–H and O–H groups in total. The summed E-state index contributed by atoms with van der Waals surface area (Å²) in [4.78, 5) is 15.8. The van der Waals surface area contributed by atoms with Gasteiger partial charge in [-0.2, -0.15) is 13.2 Å². The lowest BCUT2D eigenvalue weighted by molar-refractivity contribution is -0.141. The molecule has 0 aliphatic carbocycles. The second kappa shape index (κ2) is 5.67. The van der Waals surface area contributed by atoms with Crippen LogP contribution in [-0.4, -0.2) is 31.6 Å². The van der Waals surface area contributed by atoms with Crippen molar-refractivity contribution in [1.82, 2.24) is 24.5 Å². The Balaban J connectivity index is 1.60. The Morgan fingerprint density at radius 2 is 2.32 bits per heavy atom. The van der Waals surface area contributed by atoms with Crippen molar-refractivity contribution in [3.63, 3.8) is 0 Å². The number of carbonyl (C=O) groups is 1. The summed E-state index contributed by atoms with van der Waals surface area (Å²) < 4.78 is 43.0. The van der Waals surface area contributed by atoms with Crippen molar-refractivity contribution in [3.8, 4) is 0 Å². The lowest BCUT2D eigenvalue weighted by atomic mass is 9.99. The van der Waals surface area contributed by atoms with Crippen LogP contribution in [0.2, 0.25) is 0 Å². The number of aryl methyl sites for hydroxylation is 1. The van der Waals surface area contributed by atoms with E-state index >= 15 is 0 Å². The van der Waals surface area contributed by atoms with Crippen LogP contribution < -0.4 is 5.32 Å². The fraction of sp³-hybridized carbons (Fsp3) is 0.500. The smallest absolute Gasteiger partial charge is 0.351 e. The molecule has 1 amide bonds. The predicted octanol–water partition coefficient (Wildman–Crippen LogP) is 1.75. The molecule has 1 atom stereocenters. The fourth-order valence-corrected chi connectivity index (χ4v) is 2.84. The van der Waals surface area contributed by atoms with Gasteiger partial charge in [-0.15, -0.1) is 5.10 Å². The molecule has 118 valence electrons. The van der Waals surface area contributed by atoms with E-state index in [1.807, 2.05) is 0 Å². The number of nitrogens with one attached hydrogen (secondary N) is 1. The molecule has 0 bridgehead atoms. The topological polar surface area (TPSA) is 72.7 Å².